The minimum absolute atomic E-state index is 0.0856. The summed E-state index contributed by atoms with van der Waals surface area (Å²) in [6, 6.07) is 5.63. The number of aromatic nitrogens is 4. The number of hydrogen-bond donors (Lipinski definition) is 1. The Morgan fingerprint density at radius 2 is 1.79 bits per heavy atom. The lowest BCUT2D eigenvalue weighted by atomic mass is 10.0. The fourth-order valence-corrected chi connectivity index (χ4v) is 3.72. The molecule has 0 saturated carbocycles. The average molecular weight is 433 g/mol. The van der Waals surface area contributed by atoms with Crippen molar-refractivity contribution in [3.8, 4) is 11.1 Å². The molecule has 0 aromatic carbocycles. The Bertz CT molecular complexity index is 1150. The maximum absolute atomic E-state index is 12.2. The first-order chi connectivity index (χ1) is 13.7. The van der Waals surface area contributed by atoms with Gasteiger partial charge in [-0.1, -0.05) is 11.6 Å². The largest absolute Gasteiger partial charge is 0.301 e. The third kappa shape index (κ3) is 4.87. The zero-order chi connectivity index (χ0) is 21.2. The van der Waals surface area contributed by atoms with Gasteiger partial charge in [0.25, 0.3) is 0 Å². The summed E-state index contributed by atoms with van der Waals surface area (Å²) in [7, 11) is -0.841. The molecule has 0 aliphatic carbocycles. The summed E-state index contributed by atoms with van der Waals surface area (Å²) >= 11 is 6.17. The number of nitrogens with one attached hydrogen (secondary N) is 1. The van der Waals surface area contributed by atoms with Crippen LogP contribution < -0.4 is 4.72 Å². The van der Waals surface area contributed by atoms with Gasteiger partial charge in [-0.25, -0.2) is 15.0 Å². The average Bonchev–Trinajstić information content (AvgIpc) is 2.65. The molecule has 0 unspecified atom stereocenters. The molecule has 10 heteroatoms. The second-order valence-electron chi connectivity index (χ2n) is 6.66. The van der Waals surface area contributed by atoms with E-state index in [4.69, 9.17) is 11.6 Å². The van der Waals surface area contributed by atoms with Crippen molar-refractivity contribution >= 4 is 27.5 Å². The van der Waals surface area contributed by atoms with E-state index in [0.29, 0.717) is 17.8 Å². The van der Waals surface area contributed by atoms with E-state index in [9.17, 15) is 8.42 Å². The van der Waals surface area contributed by atoms with Gasteiger partial charge in [-0.05, 0) is 43.2 Å². The molecule has 0 radical (unpaired) electrons. The Labute approximate surface area is 175 Å². The molecule has 0 fully saturated rings. The summed E-state index contributed by atoms with van der Waals surface area (Å²) in [6.45, 7) is 3.64. The van der Waals surface area contributed by atoms with Gasteiger partial charge < -0.3 is 0 Å². The van der Waals surface area contributed by atoms with Gasteiger partial charge in [-0.3, -0.25) is 9.71 Å². The predicted octanol–water partition coefficient (Wildman–Crippen LogP) is 3.01. The van der Waals surface area contributed by atoms with Crippen molar-refractivity contribution in [1.82, 2.24) is 24.2 Å². The highest BCUT2D eigenvalue weighted by Gasteiger charge is 2.19. The minimum atomic E-state index is -3.72. The van der Waals surface area contributed by atoms with E-state index in [1.54, 1.807) is 25.5 Å². The van der Waals surface area contributed by atoms with Crippen molar-refractivity contribution in [2.24, 2.45) is 0 Å². The molecule has 3 rings (SSSR count). The number of aryl methyl sites for hydroxylation is 1. The van der Waals surface area contributed by atoms with Gasteiger partial charge >= 0.3 is 10.2 Å². The Balaban J connectivity index is 1.98. The molecule has 1 N–H and O–H groups in total. The van der Waals surface area contributed by atoms with Crippen molar-refractivity contribution in [2.75, 3.05) is 18.8 Å². The Morgan fingerprint density at radius 1 is 1.07 bits per heavy atom. The second-order valence-corrected chi connectivity index (χ2v) is 8.90. The van der Waals surface area contributed by atoms with Crippen LogP contribution in [0.15, 0.2) is 36.8 Å². The van der Waals surface area contributed by atoms with E-state index in [1.807, 2.05) is 25.1 Å². The van der Waals surface area contributed by atoms with E-state index < -0.39 is 10.2 Å². The summed E-state index contributed by atoms with van der Waals surface area (Å²) < 4.78 is 28.1. The molecule has 0 aliphatic heterocycles. The van der Waals surface area contributed by atoms with Gasteiger partial charge in [0.2, 0.25) is 0 Å². The Morgan fingerprint density at radius 3 is 2.48 bits per heavy atom. The van der Waals surface area contributed by atoms with Crippen molar-refractivity contribution < 1.29 is 8.42 Å². The Kier molecular flexibility index (Phi) is 6.11. The van der Waals surface area contributed by atoms with Crippen LogP contribution in [0.2, 0.25) is 5.15 Å². The lowest BCUT2D eigenvalue weighted by Gasteiger charge is -2.17. The molecule has 3 aromatic rings. The molecule has 0 atom stereocenters. The monoisotopic (exact) mass is 432 g/mol. The molecule has 3 heterocycles. The summed E-state index contributed by atoms with van der Waals surface area (Å²) in [5.41, 5.74) is 4.23. The van der Waals surface area contributed by atoms with Crippen LogP contribution in [0, 0.1) is 13.8 Å². The summed E-state index contributed by atoms with van der Waals surface area (Å²) in [4.78, 5) is 17.1. The van der Waals surface area contributed by atoms with Crippen LogP contribution in [0.4, 0.5) is 5.69 Å². The smallest absolute Gasteiger partial charge is 0.268 e. The van der Waals surface area contributed by atoms with Gasteiger partial charge in [0, 0.05) is 50.4 Å². The van der Waals surface area contributed by atoms with Crippen LogP contribution >= 0.6 is 11.6 Å². The zero-order valence-corrected chi connectivity index (χ0v) is 18.1. The van der Waals surface area contributed by atoms with E-state index in [0.717, 1.165) is 26.8 Å². The van der Waals surface area contributed by atoms with Crippen LogP contribution in [0.1, 0.15) is 22.8 Å². The topological polar surface area (TPSA) is 101 Å². The Hall–Kier alpha value is -2.62. The first-order valence-electron chi connectivity index (χ1n) is 8.76. The first-order valence-corrected chi connectivity index (χ1v) is 10.6. The minimum Gasteiger partial charge on any atom is -0.268 e. The molecular formula is C19H21ClN6O2S. The third-order valence-corrected chi connectivity index (χ3v) is 6.04. The number of nitrogens with zero attached hydrogens (tertiary/aromatic N) is 5. The van der Waals surface area contributed by atoms with Gasteiger partial charge in [-0.2, -0.15) is 12.7 Å². The highest BCUT2D eigenvalue weighted by atomic mass is 35.5. The molecule has 0 spiro atoms. The number of rotatable bonds is 6. The van der Waals surface area contributed by atoms with E-state index in [-0.39, 0.29) is 10.8 Å². The van der Waals surface area contributed by atoms with Crippen LogP contribution in [-0.2, 0) is 16.6 Å². The maximum atomic E-state index is 12.2. The number of pyridine rings is 2. The van der Waals surface area contributed by atoms with Crippen molar-refractivity contribution in [3.63, 3.8) is 0 Å². The highest BCUT2D eigenvalue weighted by molar-refractivity contribution is 7.90. The van der Waals surface area contributed by atoms with Crippen LogP contribution in [0.5, 0.6) is 0 Å². The first kappa shape index (κ1) is 21.1. The quantitative estimate of drug-likeness (QED) is 0.601. The van der Waals surface area contributed by atoms with E-state index >= 15 is 0 Å². The predicted molar refractivity (Wildman–Crippen MR) is 113 cm³/mol. The zero-order valence-electron chi connectivity index (χ0n) is 16.5. The molecule has 8 nitrogen and oxygen atoms in total. The van der Waals surface area contributed by atoms with Crippen molar-refractivity contribution in [2.45, 2.75) is 20.3 Å². The standard InChI is InChI=1S/C19H21ClN6O2S/c1-12-17(11-23-19(20)18(12)25-29(27,28)26(3)4)14-5-7-22-16(9-14)10-15-6-8-21-13(2)24-15/h5-9,11,25H,10H2,1-4H3. The molecule has 0 bridgehead atoms. The van der Waals surface area contributed by atoms with Gasteiger partial charge in [0.1, 0.15) is 5.82 Å². The molecule has 0 saturated heterocycles. The van der Waals surface area contributed by atoms with E-state index in [1.165, 1.54) is 14.1 Å². The van der Waals surface area contributed by atoms with Crippen LogP contribution in [0.3, 0.4) is 0 Å². The molecule has 29 heavy (non-hydrogen) atoms. The molecule has 0 amide bonds. The van der Waals surface area contributed by atoms with Crippen LogP contribution in [-0.4, -0.2) is 46.8 Å². The summed E-state index contributed by atoms with van der Waals surface area (Å²) in [5, 5.41) is 0.0856. The van der Waals surface area contributed by atoms with Gasteiger partial charge in [-0.15, -0.1) is 0 Å². The molecule has 0 aliphatic rings. The summed E-state index contributed by atoms with van der Waals surface area (Å²) in [5.74, 6) is 0.703. The van der Waals surface area contributed by atoms with Crippen molar-refractivity contribution in [1.29, 1.82) is 0 Å². The lowest BCUT2D eigenvalue weighted by Crippen LogP contribution is -2.29. The number of anilines is 1. The summed E-state index contributed by atoms with van der Waals surface area (Å²) in [6.07, 6.45) is 5.60. The van der Waals surface area contributed by atoms with E-state index in [2.05, 4.69) is 24.7 Å². The normalized spacial score (nSPS) is 11.7. The van der Waals surface area contributed by atoms with Gasteiger partial charge in [0.15, 0.2) is 5.15 Å². The second kappa shape index (κ2) is 8.40. The molecular weight excluding hydrogens is 412 g/mol. The van der Waals surface area contributed by atoms with Crippen LogP contribution in [0.25, 0.3) is 11.1 Å². The third-order valence-electron chi connectivity index (χ3n) is 4.33. The molecule has 152 valence electrons. The fraction of sp³-hybridized carbons (Fsp3) is 0.263. The number of hydrogen-bond acceptors (Lipinski definition) is 6. The van der Waals surface area contributed by atoms with Crippen molar-refractivity contribution in [3.05, 3.63) is 64.7 Å². The highest BCUT2D eigenvalue weighted by Crippen LogP contribution is 2.33. The lowest BCUT2D eigenvalue weighted by molar-refractivity contribution is 0.526. The number of halogens is 1. The SMILES string of the molecule is Cc1nccc(Cc2cc(-c3cnc(Cl)c(NS(=O)(=O)N(C)C)c3C)ccn2)n1. The van der Waals surface area contributed by atoms with Gasteiger partial charge in [0.05, 0.1) is 11.4 Å². The maximum Gasteiger partial charge on any atom is 0.301 e. The molecule has 3 aromatic heterocycles. The fourth-order valence-electron chi connectivity index (χ4n) is 2.73.